The van der Waals surface area contributed by atoms with Gasteiger partial charge in [0.05, 0.1) is 0 Å². The number of hydrogen-bond acceptors (Lipinski definition) is 0. The largest absolute Gasteiger partial charge is 0.0622 e. The zero-order valence-electron chi connectivity index (χ0n) is 36.1. The lowest BCUT2D eigenvalue weighted by molar-refractivity contribution is 1.58. The van der Waals surface area contributed by atoms with Gasteiger partial charge in [0.15, 0.2) is 0 Å². The predicted molar refractivity (Wildman–Crippen MR) is 284 cm³/mol. The van der Waals surface area contributed by atoms with Crippen LogP contribution >= 0.6 is 0 Å². The summed E-state index contributed by atoms with van der Waals surface area (Å²) >= 11 is 0. The van der Waals surface area contributed by atoms with Crippen molar-refractivity contribution in [3.63, 3.8) is 0 Å². The van der Waals surface area contributed by atoms with Gasteiger partial charge < -0.3 is 0 Å². The molecule has 304 valence electrons. The molecule has 0 saturated carbocycles. The molecule has 0 heteroatoms. The van der Waals surface area contributed by atoms with Gasteiger partial charge in [-0.05, 0) is 166 Å². The van der Waals surface area contributed by atoms with E-state index in [2.05, 4.69) is 243 Å². The van der Waals surface area contributed by atoms with Crippen molar-refractivity contribution >= 4 is 75.4 Å². The van der Waals surface area contributed by atoms with E-state index >= 15 is 0 Å². The van der Waals surface area contributed by atoms with Crippen LogP contribution in [0.5, 0.6) is 0 Å². The van der Waals surface area contributed by atoms with Gasteiger partial charge in [-0.2, -0.15) is 0 Å². The minimum atomic E-state index is 1.21. The third-order valence-corrected chi connectivity index (χ3v) is 14.3. The maximum Gasteiger partial charge on any atom is -0.000718 e. The van der Waals surface area contributed by atoms with Crippen LogP contribution in [-0.4, -0.2) is 0 Å². The molecule has 14 aromatic carbocycles. The molecule has 66 heavy (non-hydrogen) atoms. The van der Waals surface area contributed by atoms with Gasteiger partial charge in [-0.15, -0.1) is 0 Å². The Balaban J connectivity index is 1.19. The van der Waals surface area contributed by atoms with Crippen LogP contribution < -0.4 is 0 Å². The molecule has 0 nitrogen and oxygen atoms in total. The maximum absolute atomic E-state index is 2.55. The van der Waals surface area contributed by atoms with E-state index in [-0.39, 0.29) is 0 Å². The summed E-state index contributed by atoms with van der Waals surface area (Å²) in [5, 5.41) is 18.2. The minimum Gasteiger partial charge on any atom is -0.0622 e. The third-order valence-electron chi connectivity index (χ3n) is 14.3. The highest BCUT2D eigenvalue weighted by Crippen LogP contribution is 2.56. The van der Waals surface area contributed by atoms with Crippen molar-refractivity contribution in [2.45, 2.75) is 0 Å². The van der Waals surface area contributed by atoms with Crippen molar-refractivity contribution in [2.24, 2.45) is 0 Å². The van der Waals surface area contributed by atoms with E-state index in [0.717, 1.165) is 0 Å². The summed E-state index contributed by atoms with van der Waals surface area (Å²) in [5.74, 6) is 0. The second-order valence-corrected chi connectivity index (χ2v) is 17.8. The van der Waals surface area contributed by atoms with Gasteiger partial charge in [-0.1, -0.05) is 218 Å². The molecule has 0 atom stereocenters. The van der Waals surface area contributed by atoms with E-state index in [1.54, 1.807) is 0 Å². The average molecular weight is 833 g/mol. The topological polar surface area (TPSA) is 0 Å². The highest BCUT2D eigenvalue weighted by molar-refractivity contribution is 6.45. The van der Waals surface area contributed by atoms with E-state index in [0.29, 0.717) is 0 Å². The summed E-state index contributed by atoms with van der Waals surface area (Å²) < 4.78 is 0. The van der Waals surface area contributed by atoms with E-state index < -0.39 is 0 Å². The van der Waals surface area contributed by atoms with Gasteiger partial charge in [0.1, 0.15) is 0 Å². The molecule has 0 aliphatic heterocycles. The Kier molecular flexibility index (Phi) is 8.08. The van der Waals surface area contributed by atoms with Crippen molar-refractivity contribution in [1.82, 2.24) is 0 Å². The SMILES string of the molecule is c1ccc(-c2cc(-c3ccccc3)cc(-c3ccc4c5c(-c6ccccc6)c6c(cc7c8ccccc8c8cccc6c87)c(-c6ccccc6-c6ccccc6)c5c5cccc3c54)c2)cc1. The minimum absolute atomic E-state index is 1.21. The summed E-state index contributed by atoms with van der Waals surface area (Å²) in [6.07, 6.45) is 0. The van der Waals surface area contributed by atoms with Crippen LogP contribution in [0, 0.1) is 0 Å². The van der Waals surface area contributed by atoms with Gasteiger partial charge >= 0.3 is 0 Å². The summed E-state index contributed by atoms with van der Waals surface area (Å²) in [7, 11) is 0. The fourth-order valence-electron chi connectivity index (χ4n) is 11.6. The van der Waals surface area contributed by atoms with Gasteiger partial charge in [-0.3, -0.25) is 0 Å². The van der Waals surface area contributed by atoms with E-state index in [1.807, 2.05) is 0 Å². The Hall–Kier alpha value is -8.58. The van der Waals surface area contributed by atoms with Crippen molar-refractivity contribution in [3.8, 4) is 66.8 Å². The first kappa shape index (κ1) is 36.9. The second kappa shape index (κ2) is 14.5. The number of fused-ring (bicyclic) bond motifs is 8. The van der Waals surface area contributed by atoms with Gasteiger partial charge in [0.2, 0.25) is 0 Å². The van der Waals surface area contributed by atoms with Crippen LogP contribution in [-0.2, 0) is 0 Å². The molecule has 0 aliphatic carbocycles. The molecule has 0 aromatic heterocycles. The van der Waals surface area contributed by atoms with Gasteiger partial charge in [0, 0.05) is 0 Å². The number of rotatable bonds is 6. The highest BCUT2D eigenvalue weighted by atomic mass is 14.3. The van der Waals surface area contributed by atoms with Crippen molar-refractivity contribution in [2.75, 3.05) is 0 Å². The summed E-state index contributed by atoms with van der Waals surface area (Å²) in [6.45, 7) is 0. The summed E-state index contributed by atoms with van der Waals surface area (Å²) in [4.78, 5) is 0. The average Bonchev–Trinajstić information content (AvgIpc) is 3.90. The van der Waals surface area contributed by atoms with Crippen LogP contribution in [0.4, 0.5) is 0 Å². The van der Waals surface area contributed by atoms with Crippen LogP contribution in [0.1, 0.15) is 0 Å². The van der Waals surface area contributed by atoms with Crippen molar-refractivity contribution in [3.05, 3.63) is 243 Å². The van der Waals surface area contributed by atoms with Gasteiger partial charge in [-0.25, -0.2) is 0 Å². The van der Waals surface area contributed by atoms with Crippen LogP contribution in [0.25, 0.3) is 142 Å². The Bertz CT molecular complexity index is 4110. The zero-order valence-corrected chi connectivity index (χ0v) is 36.1. The molecule has 0 spiro atoms. The molecule has 0 fully saturated rings. The zero-order chi connectivity index (χ0) is 43.3. The maximum atomic E-state index is 2.55. The van der Waals surface area contributed by atoms with E-state index in [4.69, 9.17) is 0 Å². The first-order chi connectivity index (χ1) is 32.8. The predicted octanol–water partition coefficient (Wildman–Crippen LogP) is 18.6. The van der Waals surface area contributed by atoms with Gasteiger partial charge in [0.25, 0.3) is 0 Å². The molecule has 14 aromatic rings. The lowest BCUT2D eigenvalue weighted by atomic mass is 9.82. The Morgan fingerprint density at radius 1 is 0.152 bits per heavy atom. The summed E-state index contributed by atoms with van der Waals surface area (Å²) in [6, 6.07) is 90.3. The monoisotopic (exact) mass is 832 g/mol. The second-order valence-electron chi connectivity index (χ2n) is 17.8. The first-order valence-electron chi connectivity index (χ1n) is 23.0. The van der Waals surface area contributed by atoms with Crippen molar-refractivity contribution in [1.29, 1.82) is 0 Å². The van der Waals surface area contributed by atoms with E-state index in [9.17, 15) is 0 Å². The Labute approximate surface area is 383 Å². The Morgan fingerprint density at radius 2 is 0.591 bits per heavy atom. The molecular weight excluding hydrogens is 793 g/mol. The molecule has 0 heterocycles. The van der Waals surface area contributed by atoms with Crippen LogP contribution in [0.15, 0.2) is 243 Å². The first-order valence-corrected chi connectivity index (χ1v) is 23.0. The smallest absolute Gasteiger partial charge is 0.000718 e. The summed E-state index contributed by atoms with van der Waals surface area (Å²) in [5.41, 5.74) is 14.8. The molecule has 14 rings (SSSR count). The standard InChI is InChI=1S/C66H40/c1-5-19-41(20-6-1)45-37-46(42-21-7-2-8-22-42)39-47(38-45)49-35-36-57-61-52(49)31-17-34-56(61)66-63(53-30-16-13-27-48(53)43-23-9-3-10-24-43)59-40-58-51-29-15-14-28-50(51)54-32-18-33-55(62(54)58)64(59)60(65(57)66)44-25-11-4-12-26-44/h1-40H. The highest BCUT2D eigenvalue weighted by Gasteiger charge is 2.28. The molecule has 0 radical (unpaired) electrons. The Morgan fingerprint density at radius 3 is 1.24 bits per heavy atom. The fraction of sp³-hybridized carbons (Fsp3) is 0. The van der Waals surface area contributed by atoms with Crippen LogP contribution in [0.2, 0.25) is 0 Å². The number of benzene rings is 12. The lowest BCUT2D eigenvalue weighted by Gasteiger charge is -2.20. The molecule has 0 amide bonds. The number of hydrogen-bond donors (Lipinski definition) is 0. The molecule has 0 N–H and O–H groups in total. The molecule has 0 unspecified atom stereocenters. The van der Waals surface area contributed by atoms with E-state index in [1.165, 1.54) is 142 Å². The van der Waals surface area contributed by atoms with Crippen molar-refractivity contribution < 1.29 is 0 Å². The molecule has 0 aliphatic rings. The molecular formula is C66H40. The quantitative estimate of drug-likeness (QED) is 0.146. The van der Waals surface area contributed by atoms with Crippen LogP contribution in [0.3, 0.4) is 0 Å². The normalized spacial score (nSPS) is 11.9. The lowest BCUT2D eigenvalue weighted by Crippen LogP contribution is -1.93. The fourth-order valence-corrected chi connectivity index (χ4v) is 11.6. The molecule has 0 saturated heterocycles. The third kappa shape index (κ3) is 5.39. The molecule has 0 bridgehead atoms.